The Morgan fingerprint density at radius 1 is 1.45 bits per heavy atom. The molecule has 7 heteroatoms. The predicted octanol–water partition coefficient (Wildman–Crippen LogP) is 2.34. The molecule has 4 N–H and O–H groups in total. The van der Waals surface area contributed by atoms with Crippen molar-refractivity contribution in [1.82, 2.24) is 5.32 Å². The number of nitrogens with zero attached hydrogens (tertiary/aromatic N) is 1. The van der Waals surface area contributed by atoms with E-state index in [-0.39, 0.29) is 29.9 Å². The van der Waals surface area contributed by atoms with Gasteiger partial charge in [0, 0.05) is 24.7 Å². The minimum atomic E-state index is -0.111. The molecule has 0 saturated carbocycles. The molecule has 1 aromatic rings. The van der Waals surface area contributed by atoms with Gasteiger partial charge < -0.3 is 21.1 Å². The topological polar surface area (TPSA) is 88.7 Å². The molecule has 1 aromatic carbocycles. The van der Waals surface area contributed by atoms with E-state index in [0.717, 1.165) is 6.42 Å². The number of rotatable bonds is 7. The molecule has 1 amide bonds. The zero-order valence-corrected chi connectivity index (χ0v) is 15.6. The number of carbonyl (C=O) groups is 1. The van der Waals surface area contributed by atoms with Crippen LogP contribution in [0, 0.1) is 0 Å². The highest BCUT2D eigenvalue weighted by Gasteiger charge is 2.00. The number of amides is 1. The molecular formula is C15H25IN4O2. The van der Waals surface area contributed by atoms with E-state index in [1.807, 2.05) is 19.1 Å². The van der Waals surface area contributed by atoms with E-state index < -0.39 is 0 Å². The highest BCUT2D eigenvalue weighted by molar-refractivity contribution is 14.0. The largest absolute Gasteiger partial charge is 0.492 e. The van der Waals surface area contributed by atoms with Crippen LogP contribution < -0.4 is 21.1 Å². The minimum absolute atomic E-state index is 0. The third-order valence-electron chi connectivity index (χ3n) is 2.80. The number of anilines is 1. The third kappa shape index (κ3) is 8.71. The molecule has 22 heavy (non-hydrogen) atoms. The minimum Gasteiger partial charge on any atom is -0.492 e. The molecule has 0 spiro atoms. The second kappa shape index (κ2) is 11.1. The Bertz CT molecular complexity index is 494. The van der Waals surface area contributed by atoms with Crippen molar-refractivity contribution < 1.29 is 9.53 Å². The van der Waals surface area contributed by atoms with E-state index in [2.05, 4.69) is 22.5 Å². The summed E-state index contributed by atoms with van der Waals surface area (Å²) in [6.45, 7) is 6.49. The smallest absolute Gasteiger partial charge is 0.221 e. The van der Waals surface area contributed by atoms with Crippen LogP contribution in [0.3, 0.4) is 0 Å². The van der Waals surface area contributed by atoms with E-state index in [9.17, 15) is 4.79 Å². The summed E-state index contributed by atoms with van der Waals surface area (Å²) in [5.41, 5.74) is 6.45. The maximum absolute atomic E-state index is 11.0. The van der Waals surface area contributed by atoms with Crippen LogP contribution in [0.25, 0.3) is 0 Å². The van der Waals surface area contributed by atoms with Gasteiger partial charge in [0.25, 0.3) is 0 Å². The van der Waals surface area contributed by atoms with Gasteiger partial charge in [-0.25, -0.2) is 4.99 Å². The molecule has 6 nitrogen and oxygen atoms in total. The summed E-state index contributed by atoms with van der Waals surface area (Å²) < 4.78 is 5.57. The van der Waals surface area contributed by atoms with Crippen LogP contribution in [-0.2, 0) is 4.79 Å². The average Bonchev–Trinajstić information content (AvgIpc) is 2.43. The summed E-state index contributed by atoms with van der Waals surface area (Å²) in [7, 11) is 0. The molecule has 0 radical (unpaired) electrons. The number of aliphatic imine (C=N–C) groups is 1. The number of nitrogens with one attached hydrogen (secondary N) is 2. The maximum atomic E-state index is 11.0. The van der Waals surface area contributed by atoms with Gasteiger partial charge in [-0.15, -0.1) is 24.0 Å². The monoisotopic (exact) mass is 420 g/mol. The Morgan fingerprint density at radius 3 is 2.82 bits per heavy atom. The van der Waals surface area contributed by atoms with Gasteiger partial charge in [0.2, 0.25) is 5.91 Å². The Hall–Kier alpha value is -1.51. The van der Waals surface area contributed by atoms with Gasteiger partial charge >= 0.3 is 0 Å². The quantitative estimate of drug-likeness (QED) is 0.274. The number of guanidine groups is 1. The summed E-state index contributed by atoms with van der Waals surface area (Å²) in [5.74, 6) is 1.01. The Labute approximate surface area is 148 Å². The van der Waals surface area contributed by atoms with Crippen molar-refractivity contribution in [3.05, 3.63) is 24.3 Å². The molecule has 1 unspecified atom stereocenters. The van der Waals surface area contributed by atoms with Crippen molar-refractivity contribution in [2.75, 3.05) is 18.5 Å². The molecule has 0 fully saturated rings. The van der Waals surface area contributed by atoms with Crippen molar-refractivity contribution in [2.45, 2.75) is 33.2 Å². The lowest BCUT2D eigenvalue weighted by molar-refractivity contribution is -0.114. The lowest BCUT2D eigenvalue weighted by Gasteiger charge is -2.12. The summed E-state index contributed by atoms with van der Waals surface area (Å²) in [6, 6.07) is 7.54. The normalized spacial score (nSPS) is 12.0. The first kappa shape index (κ1) is 20.5. The fraction of sp³-hybridized carbons (Fsp3) is 0.467. The van der Waals surface area contributed by atoms with E-state index >= 15 is 0 Å². The van der Waals surface area contributed by atoms with E-state index in [1.165, 1.54) is 6.92 Å². The number of halogens is 1. The summed E-state index contributed by atoms with van der Waals surface area (Å²) in [5, 5.41) is 5.79. The van der Waals surface area contributed by atoms with Gasteiger partial charge in [0.05, 0.1) is 6.54 Å². The first-order valence-corrected chi connectivity index (χ1v) is 7.08. The fourth-order valence-corrected chi connectivity index (χ4v) is 1.60. The lowest BCUT2D eigenvalue weighted by atomic mass is 10.3. The predicted molar refractivity (Wildman–Crippen MR) is 101 cm³/mol. The number of hydrogen-bond donors (Lipinski definition) is 3. The van der Waals surface area contributed by atoms with Crippen LogP contribution in [0.4, 0.5) is 5.69 Å². The molecule has 1 atom stereocenters. The molecule has 0 aliphatic heterocycles. The van der Waals surface area contributed by atoms with Crippen LogP contribution in [0.5, 0.6) is 5.75 Å². The van der Waals surface area contributed by atoms with Gasteiger partial charge in [-0.1, -0.05) is 13.0 Å². The van der Waals surface area contributed by atoms with Crippen molar-refractivity contribution in [2.24, 2.45) is 10.7 Å². The van der Waals surface area contributed by atoms with Gasteiger partial charge in [0.1, 0.15) is 12.4 Å². The number of nitrogens with two attached hydrogens (primary N) is 1. The zero-order valence-electron chi connectivity index (χ0n) is 13.3. The van der Waals surface area contributed by atoms with Crippen molar-refractivity contribution in [1.29, 1.82) is 0 Å². The average molecular weight is 420 g/mol. The molecule has 124 valence electrons. The fourth-order valence-electron chi connectivity index (χ4n) is 1.60. The zero-order chi connectivity index (χ0) is 15.7. The van der Waals surface area contributed by atoms with Crippen LogP contribution in [0.15, 0.2) is 29.3 Å². The van der Waals surface area contributed by atoms with E-state index in [1.54, 1.807) is 12.1 Å². The third-order valence-corrected chi connectivity index (χ3v) is 2.80. The van der Waals surface area contributed by atoms with Gasteiger partial charge in [-0.2, -0.15) is 0 Å². The van der Waals surface area contributed by atoms with Gasteiger partial charge in [-0.3, -0.25) is 4.79 Å². The van der Waals surface area contributed by atoms with Crippen LogP contribution in [-0.4, -0.2) is 31.1 Å². The Kier molecular flexibility index (Phi) is 10.3. The second-order valence-electron chi connectivity index (χ2n) is 4.78. The standard InChI is InChI=1S/C15H24N4O2.HI/c1-4-11(2)18-15(16)17-8-9-21-14-7-5-6-13(10-14)19-12(3)20;/h5-7,10-11H,4,8-9H2,1-3H3,(H,19,20)(H3,16,17,18);1H. The van der Waals surface area contributed by atoms with Crippen LogP contribution in [0.1, 0.15) is 27.2 Å². The lowest BCUT2D eigenvalue weighted by Crippen LogP contribution is -2.38. The van der Waals surface area contributed by atoms with E-state index in [0.29, 0.717) is 36.6 Å². The molecule has 0 aromatic heterocycles. The van der Waals surface area contributed by atoms with Gasteiger partial charge in [0.15, 0.2) is 5.96 Å². The maximum Gasteiger partial charge on any atom is 0.221 e. The molecule has 0 bridgehead atoms. The van der Waals surface area contributed by atoms with Crippen LogP contribution >= 0.6 is 24.0 Å². The molecule has 0 aliphatic rings. The molecular weight excluding hydrogens is 395 g/mol. The molecule has 0 saturated heterocycles. The highest BCUT2D eigenvalue weighted by Crippen LogP contribution is 2.17. The number of ether oxygens (including phenoxy) is 1. The van der Waals surface area contributed by atoms with Crippen LogP contribution in [0.2, 0.25) is 0 Å². The molecule has 0 heterocycles. The van der Waals surface area contributed by atoms with Crippen molar-refractivity contribution >= 4 is 41.5 Å². The number of hydrogen-bond acceptors (Lipinski definition) is 3. The SMILES string of the molecule is CCC(C)NC(N)=NCCOc1cccc(NC(C)=O)c1.I. The molecule has 0 aliphatic carbocycles. The summed E-state index contributed by atoms with van der Waals surface area (Å²) in [6.07, 6.45) is 0.989. The first-order chi connectivity index (χ1) is 10.0. The Morgan fingerprint density at radius 2 is 2.18 bits per heavy atom. The first-order valence-electron chi connectivity index (χ1n) is 7.08. The Balaban J connectivity index is 0.00000441. The summed E-state index contributed by atoms with van der Waals surface area (Å²) >= 11 is 0. The van der Waals surface area contributed by atoms with E-state index in [4.69, 9.17) is 10.5 Å². The summed E-state index contributed by atoms with van der Waals surface area (Å²) in [4.78, 5) is 15.2. The number of benzene rings is 1. The second-order valence-corrected chi connectivity index (χ2v) is 4.78. The van der Waals surface area contributed by atoms with Crippen molar-refractivity contribution in [3.63, 3.8) is 0 Å². The van der Waals surface area contributed by atoms with Crippen molar-refractivity contribution in [3.8, 4) is 5.75 Å². The highest BCUT2D eigenvalue weighted by atomic mass is 127. The number of carbonyl (C=O) groups excluding carboxylic acids is 1. The molecule has 1 rings (SSSR count). The van der Waals surface area contributed by atoms with Gasteiger partial charge in [-0.05, 0) is 25.5 Å².